The van der Waals surface area contributed by atoms with Crippen LogP contribution in [0.3, 0.4) is 0 Å². The van der Waals surface area contributed by atoms with E-state index in [2.05, 4.69) is 34.4 Å². The van der Waals surface area contributed by atoms with Crippen LogP contribution in [0.1, 0.15) is 69.2 Å². The Morgan fingerprint density at radius 2 is 1.86 bits per heavy atom. The topological polar surface area (TPSA) is 66.9 Å². The normalized spacial score (nSPS) is 17.8. The summed E-state index contributed by atoms with van der Waals surface area (Å²) < 4.78 is 0. The fraction of sp³-hybridized carbons (Fsp3) is 0.688. The average Bonchev–Trinajstić information content (AvgIpc) is 2.76. The zero-order chi connectivity index (χ0) is 15.1. The minimum atomic E-state index is -0.0583. The van der Waals surface area contributed by atoms with Gasteiger partial charge in [0.15, 0.2) is 0 Å². The van der Waals surface area contributed by atoms with Gasteiger partial charge in [-0.25, -0.2) is 9.97 Å². The van der Waals surface area contributed by atoms with Crippen LogP contribution >= 0.6 is 0 Å². The van der Waals surface area contributed by atoms with E-state index < -0.39 is 0 Å². The van der Waals surface area contributed by atoms with Crippen molar-refractivity contribution in [3.05, 3.63) is 18.0 Å². The molecule has 2 N–H and O–H groups in total. The Kier molecular flexibility index (Phi) is 5.96. The third-order valence-corrected chi connectivity index (χ3v) is 4.09. The van der Waals surface area contributed by atoms with E-state index in [1.807, 2.05) is 0 Å². The van der Waals surface area contributed by atoms with E-state index >= 15 is 0 Å². The fourth-order valence-corrected chi connectivity index (χ4v) is 2.53. The van der Waals surface area contributed by atoms with Crippen molar-refractivity contribution < 1.29 is 4.79 Å². The number of anilines is 1. The predicted molar refractivity (Wildman–Crippen MR) is 84.4 cm³/mol. The number of carbonyl (C=O) groups is 1. The second-order valence-corrected chi connectivity index (χ2v) is 5.91. The van der Waals surface area contributed by atoms with Crippen molar-refractivity contribution in [1.29, 1.82) is 0 Å². The summed E-state index contributed by atoms with van der Waals surface area (Å²) in [5.74, 6) is 0.521. The number of rotatable bonds is 5. The molecule has 1 aromatic heterocycles. The summed E-state index contributed by atoms with van der Waals surface area (Å²) in [7, 11) is 0. The van der Waals surface area contributed by atoms with Gasteiger partial charge in [-0.15, -0.1) is 0 Å². The van der Waals surface area contributed by atoms with Crippen molar-refractivity contribution in [3.8, 4) is 0 Å². The maximum Gasteiger partial charge on any atom is 0.254 e. The molecular weight excluding hydrogens is 264 g/mol. The lowest BCUT2D eigenvalue weighted by molar-refractivity contribution is 0.0932. The zero-order valence-electron chi connectivity index (χ0n) is 13.1. The van der Waals surface area contributed by atoms with Gasteiger partial charge in [0.25, 0.3) is 5.91 Å². The fourth-order valence-electron chi connectivity index (χ4n) is 2.53. The highest BCUT2D eigenvalue weighted by molar-refractivity contribution is 5.93. The van der Waals surface area contributed by atoms with Gasteiger partial charge in [0, 0.05) is 24.5 Å². The number of hydrogen-bond donors (Lipinski definition) is 2. The lowest BCUT2D eigenvalue weighted by atomic mass is 10.1. The molecular formula is C16H26N4O. The highest BCUT2D eigenvalue weighted by Gasteiger charge is 2.16. The number of nitrogens with zero attached hydrogens (tertiary/aromatic N) is 2. The van der Waals surface area contributed by atoms with E-state index in [-0.39, 0.29) is 5.91 Å². The van der Waals surface area contributed by atoms with Gasteiger partial charge < -0.3 is 10.6 Å². The predicted octanol–water partition coefficient (Wildman–Crippen LogP) is 3.14. The first-order chi connectivity index (χ1) is 10.2. The van der Waals surface area contributed by atoms with Gasteiger partial charge in [0.1, 0.15) is 0 Å². The van der Waals surface area contributed by atoms with E-state index in [0.29, 0.717) is 23.6 Å². The minimum Gasteiger partial charge on any atom is -0.352 e. The molecule has 116 valence electrons. The van der Waals surface area contributed by atoms with Gasteiger partial charge in [-0.2, -0.15) is 0 Å². The monoisotopic (exact) mass is 290 g/mol. The van der Waals surface area contributed by atoms with Gasteiger partial charge in [0.05, 0.1) is 5.56 Å². The Morgan fingerprint density at radius 1 is 1.24 bits per heavy atom. The highest BCUT2D eigenvalue weighted by Crippen LogP contribution is 2.17. The Bertz CT molecular complexity index is 438. The maximum absolute atomic E-state index is 12.2. The molecule has 5 heteroatoms. The number of carbonyl (C=O) groups excluding carboxylic acids is 1. The Morgan fingerprint density at radius 3 is 2.43 bits per heavy atom. The van der Waals surface area contributed by atoms with E-state index in [4.69, 9.17) is 0 Å². The lowest BCUT2D eigenvalue weighted by Crippen LogP contribution is -2.34. The molecule has 0 saturated heterocycles. The molecule has 2 rings (SSSR count). The van der Waals surface area contributed by atoms with E-state index in [0.717, 1.165) is 19.3 Å². The summed E-state index contributed by atoms with van der Waals surface area (Å²) in [6.45, 7) is 4.18. The molecule has 1 saturated carbocycles. The van der Waals surface area contributed by atoms with Crippen LogP contribution < -0.4 is 10.6 Å². The molecule has 1 heterocycles. The van der Waals surface area contributed by atoms with Crippen molar-refractivity contribution in [3.63, 3.8) is 0 Å². The summed E-state index contributed by atoms with van der Waals surface area (Å²) in [5, 5.41) is 6.30. The average molecular weight is 290 g/mol. The molecule has 0 radical (unpaired) electrons. The van der Waals surface area contributed by atoms with Gasteiger partial charge in [-0.3, -0.25) is 4.79 Å². The molecule has 0 aromatic carbocycles. The molecule has 0 aliphatic heterocycles. The van der Waals surface area contributed by atoms with Crippen LogP contribution in [-0.4, -0.2) is 28.0 Å². The van der Waals surface area contributed by atoms with Crippen molar-refractivity contribution >= 4 is 11.9 Å². The first-order valence-corrected chi connectivity index (χ1v) is 8.08. The first-order valence-electron chi connectivity index (χ1n) is 8.08. The number of aromatic nitrogens is 2. The molecule has 1 atom stereocenters. The Labute approximate surface area is 127 Å². The van der Waals surface area contributed by atoms with Gasteiger partial charge in [0.2, 0.25) is 5.95 Å². The summed E-state index contributed by atoms with van der Waals surface area (Å²) in [4.78, 5) is 20.6. The van der Waals surface area contributed by atoms with Gasteiger partial charge in [-0.05, 0) is 26.2 Å². The van der Waals surface area contributed by atoms with Gasteiger partial charge in [-0.1, -0.05) is 32.6 Å². The minimum absolute atomic E-state index is 0.0583. The smallest absolute Gasteiger partial charge is 0.254 e. The Balaban J connectivity index is 1.89. The van der Waals surface area contributed by atoms with E-state index in [1.165, 1.54) is 25.7 Å². The highest BCUT2D eigenvalue weighted by atomic mass is 16.1. The Hall–Kier alpha value is -1.65. The van der Waals surface area contributed by atoms with E-state index in [1.54, 1.807) is 12.4 Å². The lowest BCUT2D eigenvalue weighted by Gasteiger charge is -2.16. The molecule has 1 aromatic rings. The quantitative estimate of drug-likeness (QED) is 0.818. The molecule has 0 bridgehead atoms. The molecule has 1 aliphatic rings. The summed E-state index contributed by atoms with van der Waals surface area (Å²) in [6, 6.07) is 0.633. The van der Waals surface area contributed by atoms with Crippen LogP contribution in [0.15, 0.2) is 12.4 Å². The molecule has 1 unspecified atom stereocenters. The van der Waals surface area contributed by atoms with Crippen LogP contribution in [0.5, 0.6) is 0 Å². The molecule has 5 nitrogen and oxygen atoms in total. The second kappa shape index (κ2) is 7.96. The first kappa shape index (κ1) is 15.7. The van der Waals surface area contributed by atoms with Crippen molar-refractivity contribution in [2.24, 2.45) is 0 Å². The van der Waals surface area contributed by atoms with Crippen LogP contribution in [-0.2, 0) is 0 Å². The van der Waals surface area contributed by atoms with Crippen molar-refractivity contribution in [2.75, 3.05) is 5.32 Å². The SMILES string of the molecule is CCC(C)Nc1ncc(C(=O)NC2CCCCCC2)cn1. The summed E-state index contributed by atoms with van der Waals surface area (Å²) in [6.07, 6.45) is 11.4. The second-order valence-electron chi connectivity index (χ2n) is 5.91. The summed E-state index contributed by atoms with van der Waals surface area (Å²) >= 11 is 0. The van der Waals surface area contributed by atoms with E-state index in [9.17, 15) is 4.79 Å². The third-order valence-electron chi connectivity index (χ3n) is 4.09. The number of hydrogen-bond acceptors (Lipinski definition) is 4. The molecule has 1 amide bonds. The number of nitrogens with one attached hydrogen (secondary N) is 2. The van der Waals surface area contributed by atoms with Crippen molar-refractivity contribution in [2.45, 2.75) is 70.9 Å². The van der Waals surface area contributed by atoms with Gasteiger partial charge >= 0.3 is 0 Å². The van der Waals surface area contributed by atoms with Crippen LogP contribution in [0.25, 0.3) is 0 Å². The van der Waals surface area contributed by atoms with Crippen LogP contribution in [0.2, 0.25) is 0 Å². The standard InChI is InChI=1S/C16H26N4O/c1-3-12(2)19-16-17-10-13(11-18-16)15(21)20-14-8-6-4-5-7-9-14/h10-12,14H,3-9H2,1-2H3,(H,20,21)(H,17,18,19). The molecule has 0 spiro atoms. The molecule has 21 heavy (non-hydrogen) atoms. The maximum atomic E-state index is 12.2. The summed E-state index contributed by atoms with van der Waals surface area (Å²) in [5.41, 5.74) is 0.536. The van der Waals surface area contributed by atoms with Crippen LogP contribution in [0.4, 0.5) is 5.95 Å². The number of amides is 1. The van der Waals surface area contributed by atoms with Crippen molar-refractivity contribution in [1.82, 2.24) is 15.3 Å². The third kappa shape index (κ3) is 4.99. The molecule has 1 aliphatic carbocycles. The zero-order valence-corrected chi connectivity index (χ0v) is 13.1. The van der Waals surface area contributed by atoms with Crippen LogP contribution in [0, 0.1) is 0 Å². The molecule has 1 fully saturated rings. The largest absolute Gasteiger partial charge is 0.352 e.